The zero-order chi connectivity index (χ0) is 23.5. The first-order valence-corrected chi connectivity index (χ1v) is 12.2. The Morgan fingerprint density at radius 1 is 1.12 bits per heavy atom. The zero-order valence-electron chi connectivity index (χ0n) is 18.0. The molecule has 4 rings (SSSR count). The third kappa shape index (κ3) is 5.31. The van der Waals surface area contributed by atoms with Gasteiger partial charge in [-0.15, -0.1) is 0 Å². The molecular formula is C24H23BrCl2N2O4. The van der Waals surface area contributed by atoms with Crippen LogP contribution in [0, 0.1) is 0 Å². The Morgan fingerprint density at radius 2 is 1.88 bits per heavy atom. The number of hydrogen-bond donors (Lipinski definition) is 1. The number of amides is 3. The highest BCUT2D eigenvalue weighted by molar-refractivity contribution is 9.10. The van der Waals surface area contributed by atoms with Gasteiger partial charge in [-0.1, -0.05) is 48.5 Å². The highest BCUT2D eigenvalue weighted by atomic mass is 79.9. The first-order valence-electron chi connectivity index (χ1n) is 10.7. The van der Waals surface area contributed by atoms with Crippen molar-refractivity contribution in [1.82, 2.24) is 10.2 Å². The van der Waals surface area contributed by atoms with Crippen molar-refractivity contribution in [2.24, 2.45) is 0 Å². The minimum Gasteiger partial charge on any atom is -0.493 e. The van der Waals surface area contributed by atoms with Gasteiger partial charge in [-0.3, -0.25) is 9.69 Å². The van der Waals surface area contributed by atoms with Gasteiger partial charge in [0.1, 0.15) is 12.3 Å². The summed E-state index contributed by atoms with van der Waals surface area (Å²) in [4.78, 5) is 26.8. The lowest BCUT2D eigenvalue weighted by Crippen LogP contribution is -2.41. The molecule has 9 heteroatoms. The van der Waals surface area contributed by atoms with Gasteiger partial charge in [0.25, 0.3) is 5.91 Å². The van der Waals surface area contributed by atoms with Crippen molar-refractivity contribution < 1.29 is 19.1 Å². The Morgan fingerprint density at radius 3 is 2.58 bits per heavy atom. The average Bonchev–Trinajstić information content (AvgIpc) is 3.08. The van der Waals surface area contributed by atoms with Crippen molar-refractivity contribution in [3.05, 3.63) is 61.7 Å². The van der Waals surface area contributed by atoms with Crippen LogP contribution in [0.3, 0.4) is 0 Å². The van der Waals surface area contributed by atoms with Gasteiger partial charge < -0.3 is 14.8 Å². The van der Waals surface area contributed by atoms with Crippen molar-refractivity contribution in [2.75, 3.05) is 7.11 Å². The molecule has 1 heterocycles. The number of rotatable bonds is 6. The Kier molecular flexibility index (Phi) is 7.51. The number of hydrogen-bond acceptors (Lipinski definition) is 4. The van der Waals surface area contributed by atoms with Crippen LogP contribution in [0.5, 0.6) is 11.5 Å². The number of methoxy groups -OCH3 is 1. The van der Waals surface area contributed by atoms with E-state index in [1.165, 1.54) is 12.0 Å². The number of ether oxygens (including phenoxy) is 2. The second kappa shape index (κ2) is 10.4. The molecule has 1 aliphatic carbocycles. The molecule has 174 valence electrons. The van der Waals surface area contributed by atoms with Crippen LogP contribution in [0.15, 0.2) is 40.5 Å². The van der Waals surface area contributed by atoms with E-state index >= 15 is 0 Å². The van der Waals surface area contributed by atoms with E-state index in [4.69, 9.17) is 32.7 Å². The predicted octanol–water partition coefficient (Wildman–Crippen LogP) is 6.57. The molecule has 0 spiro atoms. The van der Waals surface area contributed by atoms with Crippen molar-refractivity contribution >= 4 is 57.1 Å². The molecular weight excluding hydrogens is 531 g/mol. The van der Waals surface area contributed by atoms with Crippen LogP contribution in [-0.2, 0) is 11.4 Å². The molecule has 6 nitrogen and oxygen atoms in total. The van der Waals surface area contributed by atoms with E-state index in [-0.39, 0.29) is 30.3 Å². The van der Waals surface area contributed by atoms with Gasteiger partial charge in [-0.2, -0.15) is 0 Å². The fourth-order valence-corrected chi connectivity index (χ4v) is 5.03. The van der Waals surface area contributed by atoms with Gasteiger partial charge in [-0.05, 0) is 70.2 Å². The smallest absolute Gasteiger partial charge is 0.329 e. The van der Waals surface area contributed by atoms with Crippen LogP contribution in [0.1, 0.15) is 43.2 Å². The van der Waals surface area contributed by atoms with Crippen molar-refractivity contribution in [2.45, 2.75) is 44.8 Å². The number of halogens is 3. The standard InChI is InChI=1S/C24H23BrCl2N2O4/c1-32-21-12-15(9-17(25)22(21)33-13-14-7-8-18(26)19(27)10-14)11-20-23(30)29(24(31)28-20)16-5-3-2-4-6-16/h7-12,16H,2-6,13H2,1H3,(H,28,31)/b20-11-. The molecule has 33 heavy (non-hydrogen) atoms. The van der Waals surface area contributed by atoms with Gasteiger partial charge in [-0.25, -0.2) is 4.79 Å². The molecule has 0 radical (unpaired) electrons. The van der Waals surface area contributed by atoms with Gasteiger partial charge in [0.2, 0.25) is 0 Å². The van der Waals surface area contributed by atoms with Gasteiger partial charge >= 0.3 is 6.03 Å². The van der Waals surface area contributed by atoms with E-state index in [1.54, 1.807) is 24.3 Å². The van der Waals surface area contributed by atoms with Crippen molar-refractivity contribution in [1.29, 1.82) is 0 Å². The second-order valence-electron chi connectivity index (χ2n) is 8.03. The maximum Gasteiger partial charge on any atom is 0.329 e. The lowest BCUT2D eigenvalue weighted by atomic mass is 9.94. The van der Waals surface area contributed by atoms with Crippen LogP contribution >= 0.6 is 39.1 Å². The molecule has 0 aromatic heterocycles. The maximum absolute atomic E-state index is 12.9. The molecule has 1 N–H and O–H groups in total. The number of benzene rings is 2. The number of nitrogens with one attached hydrogen (secondary N) is 1. The Labute approximate surface area is 211 Å². The quantitative estimate of drug-likeness (QED) is 0.324. The number of urea groups is 1. The monoisotopic (exact) mass is 552 g/mol. The Hall–Kier alpha value is -2.22. The van der Waals surface area contributed by atoms with Crippen LogP contribution in [0.4, 0.5) is 4.79 Å². The Balaban J connectivity index is 1.53. The largest absolute Gasteiger partial charge is 0.493 e. The van der Waals surface area contributed by atoms with Gasteiger partial charge in [0, 0.05) is 6.04 Å². The summed E-state index contributed by atoms with van der Waals surface area (Å²) < 4.78 is 12.1. The van der Waals surface area contributed by atoms with E-state index in [0.29, 0.717) is 31.6 Å². The van der Waals surface area contributed by atoms with E-state index in [9.17, 15) is 9.59 Å². The lowest BCUT2D eigenvalue weighted by Gasteiger charge is -2.28. The summed E-state index contributed by atoms with van der Waals surface area (Å²) >= 11 is 15.6. The third-order valence-electron chi connectivity index (χ3n) is 5.78. The van der Waals surface area contributed by atoms with Crippen LogP contribution in [0.25, 0.3) is 6.08 Å². The highest BCUT2D eigenvalue weighted by Gasteiger charge is 2.39. The first kappa shape index (κ1) is 23.9. The molecule has 2 aromatic rings. The molecule has 0 bridgehead atoms. The third-order valence-corrected chi connectivity index (χ3v) is 7.11. The molecule has 2 aliphatic rings. The number of imide groups is 1. The summed E-state index contributed by atoms with van der Waals surface area (Å²) in [6, 6.07) is 8.47. The molecule has 0 atom stereocenters. The Bertz CT molecular complexity index is 1120. The van der Waals surface area contributed by atoms with Gasteiger partial charge in [0.05, 0.1) is 21.6 Å². The number of carbonyl (C=O) groups is 2. The summed E-state index contributed by atoms with van der Waals surface area (Å²) in [5.41, 5.74) is 1.80. The topological polar surface area (TPSA) is 67.9 Å². The lowest BCUT2D eigenvalue weighted by molar-refractivity contribution is -0.124. The fourth-order valence-electron chi connectivity index (χ4n) is 4.13. The fraction of sp³-hybridized carbons (Fsp3) is 0.333. The highest BCUT2D eigenvalue weighted by Crippen LogP contribution is 2.38. The maximum atomic E-state index is 12.9. The summed E-state index contributed by atoms with van der Waals surface area (Å²) in [5, 5.41) is 3.65. The van der Waals surface area contributed by atoms with Crippen LogP contribution in [0.2, 0.25) is 10.0 Å². The second-order valence-corrected chi connectivity index (χ2v) is 9.70. The normalized spacial score (nSPS) is 18.1. The molecule has 1 saturated carbocycles. The minimum absolute atomic E-state index is 0.0319. The summed E-state index contributed by atoms with van der Waals surface area (Å²) in [7, 11) is 1.54. The molecule has 1 saturated heterocycles. The molecule has 2 aromatic carbocycles. The van der Waals surface area contributed by atoms with E-state index in [0.717, 1.165) is 37.7 Å². The van der Waals surface area contributed by atoms with Gasteiger partial charge in [0.15, 0.2) is 11.5 Å². The zero-order valence-corrected chi connectivity index (χ0v) is 21.1. The molecule has 0 unspecified atom stereocenters. The SMILES string of the molecule is COc1cc(/C=C2\NC(=O)N(C3CCCCC3)C2=O)cc(Br)c1OCc1ccc(Cl)c(Cl)c1. The van der Waals surface area contributed by atoms with Crippen molar-refractivity contribution in [3.8, 4) is 11.5 Å². The predicted molar refractivity (Wildman–Crippen MR) is 132 cm³/mol. The number of carbonyl (C=O) groups excluding carboxylic acids is 2. The average molecular weight is 554 g/mol. The van der Waals surface area contributed by atoms with E-state index in [2.05, 4.69) is 21.2 Å². The summed E-state index contributed by atoms with van der Waals surface area (Å²) in [5.74, 6) is 0.704. The molecule has 2 fully saturated rings. The summed E-state index contributed by atoms with van der Waals surface area (Å²) in [6.07, 6.45) is 6.59. The van der Waals surface area contributed by atoms with E-state index in [1.807, 2.05) is 12.1 Å². The number of nitrogens with zero attached hydrogens (tertiary/aromatic N) is 1. The van der Waals surface area contributed by atoms with Crippen molar-refractivity contribution in [3.63, 3.8) is 0 Å². The van der Waals surface area contributed by atoms with Crippen LogP contribution < -0.4 is 14.8 Å². The minimum atomic E-state index is -0.356. The molecule has 1 aliphatic heterocycles. The molecule has 3 amide bonds. The summed E-state index contributed by atoms with van der Waals surface area (Å²) in [6.45, 7) is 0.261. The van der Waals surface area contributed by atoms with Crippen LogP contribution in [-0.4, -0.2) is 30.0 Å². The van der Waals surface area contributed by atoms with E-state index < -0.39 is 0 Å². The first-order chi connectivity index (χ1) is 15.9.